The van der Waals surface area contributed by atoms with E-state index in [9.17, 15) is 21.6 Å². The average molecular weight is 295 g/mol. The first-order chi connectivity index (χ1) is 8.54. The van der Waals surface area contributed by atoms with Crippen LogP contribution in [0.4, 0.5) is 18.9 Å². The van der Waals surface area contributed by atoms with Gasteiger partial charge in [0, 0.05) is 18.7 Å². The summed E-state index contributed by atoms with van der Waals surface area (Å²) >= 11 is 0. The fourth-order valence-electron chi connectivity index (χ4n) is 1.31. The van der Waals surface area contributed by atoms with Crippen LogP contribution in [0.3, 0.4) is 0 Å². The van der Waals surface area contributed by atoms with E-state index in [2.05, 4.69) is 5.32 Å². The number of sulfone groups is 1. The molecule has 0 heterocycles. The van der Waals surface area contributed by atoms with Crippen LogP contribution in [-0.2, 0) is 9.84 Å². The SMILES string of the molecule is CC(C)(C)S(=O)(=O)CCNc1cc(F)cc(F)c1F. The van der Waals surface area contributed by atoms with Crippen molar-refractivity contribution in [2.75, 3.05) is 17.6 Å². The Labute approximate surface area is 110 Å². The van der Waals surface area contributed by atoms with Crippen molar-refractivity contribution in [2.45, 2.75) is 25.5 Å². The Bertz CT molecular complexity index is 565. The van der Waals surface area contributed by atoms with Crippen LogP contribution in [0.2, 0.25) is 0 Å². The van der Waals surface area contributed by atoms with Gasteiger partial charge in [0.25, 0.3) is 0 Å². The van der Waals surface area contributed by atoms with Gasteiger partial charge in [0.05, 0.1) is 16.2 Å². The van der Waals surface area contributed by atoms with Gasteiger partial charge in [-0.3, -0.25) is 0 Å². The summed E-state index contributed by atoms with van der Waals surface area (Å²) in [6.07, 6.45) is 0. The van der Waals surface area contributed by atoms with Crippen LogP contribution in [0, 0.1) is 17.5 Å². The standard InChI is InChI=1S/C12H16F3NO2S/c1-12(2,3)19(17,18)5-4-16-10-7-8(13)6-9(14)11(10)15/h6-7,16H,4-5H2,1-3H3. The zero-order chi connectivity index (χ0) is 14.8. The normalized spacial score (nSPS) is 12.5. The van der Waals surface area contributed by atoms with Crippen molar-refractivity contribution < 1.29 is 21.6 Å². The Morgan fingerprint density at radius 1 is 1.16 bits per heavy atom. The highest BCUT2D eigenvalue weighted by atomic mass is 32.2. The molecule has 1 aromatic rings. The van der Waals surface area contributed by atoms with E-state index < -0.39 is 32.0 Å². The molecule has 0 aliphatic rings. The molecule has 1 rings (SSSR count). The number of benzene rings is 1. The minimum Gasteiger partial charge on any atom is -0.381 e. The number of nitrogens with one attached hydrogen (secondary N) is 1. The second-order valence-electron chi connectivity index (χ2n) is 5.11. The molecule has 7 heteroatoms. The molecule has 0 spiro atoms. The third kappa shape index (κ3) is 3.86. The molecule has 0 bridgehead atoms. The van der Waals surface area contributed by atoms with Crippen LogP contribution in [-0.4, -0.2) is 25.5 Å². The van der Waals surface area contributed by atoms with E-state index in [4.69, 9.17) is 0 Å². The monoisotopic (exact) mass is 295 g/mol. The molecule has 0 atom stereocenters. The van der Waals surface area contributed by atoms with Crippen molar-refractivity contribution in [3.63, 3.8) is 0 Å². The Morgan fingerprint density at radius 2 is 1.74 bits per heavy atom. The molecule has 0 amide bonds. The van der Waals surface area contributed by atoms with E-state index in [0.29, 0.717) is 6.07 Å². The van der Waals surface area contributed by atoms with Crippen LogP contribution in [0.1, 0.15) is 20.8 Å². The van der Waals surface area contributed by atoms with Crippen molar-refractivity contribution in [1.82, 2.24) is 0 Å². The predicted octanol–water partition coefficient (Wildman–Crippen LogP) is 2.73. The van der Waals surface area contributed by atoms with Crippen molar-refractivity contribution in [2.24, 2.45) is 0 Å². The Hall–Kier alpha value is -1.24. The van der Waals surface area contributed by atoms with Gasteiger partial charge in [-0.15, -0.1) is 0 Å². The summed E-state index contributed by atoms with van der Waals surface area (Å²) in [6.45, 7) is 4.51. The lowest BCUT2D eigenvalue weighted by Crippen LogP contribution is -2.33. The van der Waals surface area contributed by atoms with Gasteiger partial charge >= 0.3 is 0 Å². The first-order valence-electron chi connectivity index (χ1n) is 5.65. The van der Waals surface area contributed by atoms with Crippen LogP contribution in [0.15, 0.2) is 12.1 Å². The molecular formula is C12H16F3NO2S. The molecule has 0 aliphatic heterocycles. The second-order valence-corrected chi connectivity index (χ2v) is 7.97. The van der Waals surface area contributed by atoms with Crippen molar-refractivity contribution in [3.05, 3.63) is 29.6 Å². The number of hydrogen-bond acceptors (Lipinski definition) is 3. The molecule has 3 nitrogen and oxygen atoms in total. The molecular weight excluding hydrogens is 279 g/mol. The maximum Gasteiger partial charge on any atom is 0.182 e. The van der Waals surface area contributed by atoms with Gasteiger partial charge in [-0.2, -0.15) is 0 Å². The number of halogens is 3. The highest BCUT2D eigenvalue weighted by Crippen LogP contribution is 2.20. The lowest BCUT2D eigenvalue weighted by atomic mass is 10.3. The van der Waals surface area contributed by atoms with Gasteiger partial charge in [0.2, 0.25) is 0 Å². The van der Waals surface area contributed by atoms with Gasteiger partial charge in [-0.25, -0.2) is 21.6 Å². The van der Waals surface area contributed by atoms with Crippen molar-refractivity contribution in [3.8, 4) is 0 Å². The molecule has 0 saturated carbocycles. The lowest BCUT2D eigenvalue weighted by Gasteiger charge is -2.19. The van der Waals surface area contributed by atoms with Gasteiger partial charge in [0.15, 0.2) is 21.5 Å². The van der Waals surface area contributed by atoms with Gasteiger partial charge in [-0.05, 0) is 20.8 Å². The summed E-state index contributed by atoms with van der Waals surface area (Å²) in [5.41, 5.74) is -0.387. The summed E-state index contributed by atoms with van der Waals surface area (Å²) in [6, 6.07) is 1.20. The molecule has 0 aromatic heterocycles. The predicted molar refractivity (Wildman–Crippen MR) is 68.3 cm³/mol. The Morgan fingerprint density at radius 3 is 2.26 bits per heavy atom. The van der Waals surface area contributed by atoms with Crippen LogP contribution in [0.5, 0.6) is 0 Å². The van der Waals surface area contributed by atoms with Crippen molar-refractivity contribution in [1.29, 1.82) is 0 Å². The van der Waals surface area contributed by atoms with Crippen LogP contribution < -0.4 is 5.32 Å². The maximum absolute atomic E-state index is 13.3. The fourth-order valence-corrected chi connectivity index (χ4v) is 2.29. The molecule has 19 heavy (non-hydrogen) atoms. The molecule has 0 aliphatic carbocycles. The molecule has 0 saturated heterocycles. The molecule has 1 N–H and O–H groups in total. The van der Waals surface area contributed by atoms with E-state index in [1.54, 1.807) is 20.8 Å². The summed E-state index contributed by atoms with van der Waals surface area (Å²) in [7, 11) is -3.37. The highest BCUT2D eigenvalue weighted by Gasteiger charge is 2.28. The largest absolute Gasteiger partial charge is 0.381 e. The van der Waals surface area contributed by atoms with E-state index in [1.807, 2.05) is 0 Å². The summed E-state index contributed by atoms with van der Waals surface area (Å²) in [4.78, 5) is 0. The van der Waals surface area contributed by atoms with E-state index in [0.717, 1.165) is 6.07 Å². The summed E-state index contributed by atoms with van der Waals surface area (Å²) < 4.78 is 61.7. The molecule has 1 aromatic carbocycles. The third-order valence-corrected chi connectivity index (χ3v) is 5.22. The van der Waals surface area contributed by atoms with Crippen LogP contribution >= 0.6 is 0 Å². The first kappa shape index (κ1) is 15.8. The number of hydrogen-bond donors (Lipinski definition) is 1. The zero-order valence-corrected chi connectivity index (χ0v) is 11.7. The molecule has 0 unspecified atom stereocenters. The minimum atomic E-state index is -3.37. The Balaban J connectivity index is 2.75. The van der Waals surface area contributed by atoms with Gasteiger partial charge in [-0.1, -0.05) is 0 Å². The maximum atomic E-state index is 13.3. The number of rotatable bonds is 4. The Kier molecular flexibility index (Phi) is 4.50. The zero-order valence-electron chi connectivity index (χ0n) is 10.9. The third-order valence-electron chi connectivity index (χ3n) is 2.61. The molecule has 0 fully saturated rings. The summed E-state index contributed by atoms with van der Waals surface area (Å²) in [5, 5.41) is 2.39. The topological polar surface area (TPSA) is 46.2 Å². The minimum absolute atomic E-state index is 0.126. The highest BCUT2D eigenvalue weighted by molar-refractivity contribution is 7.92. The molecule has 108 valence electrons. The lowest BCUT2D eigenvalue weighted by molar-refractivity contribution is 0.497. The first-order valence-corrected chi connectivity index (χ1v) is 7.30. The number of anilines is 1. The smallest absolute Gasteiger partial charge is 0.182 e. The van der Waals surface area contributed by atoms with Gasteiger partial charge < -0.3 is 5.32 Å². The quantitative estimate of drug-likeness (QED) is 0.869. The molecule has 0 radical (unpaired) electrons. The second kappa shape index (κ2) is 5.40. The van der Waals surface area contributed by atoms with E-state index in [-0.39, 0.29) is 18.0 Å². The fraction of sp³-hybridized carbons (Fsp3) is 0.500. The summed E-state index contributed by atoms with van der Waals surface area (Å²) in [5.74, 6) is -3.73. The van der Waals surface area contributed by atoms with Crippen LogP contribution in [0.25, 0.3) is 0 Å². The average Bonchev–Trinajstić information content (AvgIpc) is 2.23. The van der Waals surface area contributed by atoms with Crippen molar-refractivity contribution >= 4 is 15.5 Å². The van der Waals surface area contributed by atoms with Gasteiger partial charge in [0.1, 0.15) is 5.82 Å². The van der Waals surface area contributed by atoms with E-state index >= 15 is 0 Å². The van der Waals surface area contributed by atoms with E-state index in [1.165, 1.54) is 0 Å².